The number of benzene rings is 9. The molecule has 0 aromatic heterocycles. The molecule has 8 aromatic rings. The van der Waals surface area contributed by atoms with E-state index in [1.165, 1.54) is 0 Å². The van der Waals surface area contributed by atoms with Gasteiger partial charge in [0.15, 0.2) is 22.7 Å². The number of esters is 2. The van der Waals surface area contributed by atoms with E-state index in [0.29, 0.717) is 102 Å². The van der Waals surface area contributed by atoms with Crippen LogP contribution >= 0.6 is 291 Å². The van der Waals surface area contributed by atoms with Crippen LogP contribution < -0.4 is 114 Å². The molecule has 2 spiro atoms. The average Bonchev–Trinajstić information content (AvgIpc) is 1.41. The van der Waals surface area contributed by atoms with Gasteiger partial charge in [0.05, 0.1) is 58.8 Å². The predicted octanol–water partition coefficient (Wildman–Crippen LogP) is 13.2. The van der Waals surface area contributed by atoms with Gasteiger partial charge < -0.3 is 49.0 Å². The molecule has 13 nitrogen and oxygen atoms in total. The van der Waals surface area contributed by atoms with E-state index in [0.717, 1.165) is 51.0 Å². The van der Waals surface area contributed by atoms with Crippen molar-refractivity contribution in [3.63, 3.8) is 0 Å². The molecule has 1 aliphatic carbocycles. The fourth-order valence-corrected chi connectivity index (χ4v) is 21.6. The van der Waals surface area contributed by atoms with E-state index in [2.05, 4.69) is 160 Å². The van der Waals surface area contributed by atoms with Gasteiger partial charge in [-0.1, -0.05) is 177 Å². The number of phenolic OH excluding ortho intramolecular Hbond substituents is 1. The Bertz CT molecular complexity index is 4980. The third-order valence-corrected chi connectivity index (χ3v) is 27.3. The second kappa shape index (κ2) is 33.6. The van der Waals surface area contributed by atoms with Crippen LogP contribution in [0.5, 0.6) is 34.5 Å². The third-order valence-electron chi connectivity index (χ3n) is 15.1. The van der Waals surface area contributed by atoms with Gasteiger partial charge in [-0.15, -0.1) is 6.07 Å². The first-order valence-electron chi connectivity index (χ1n) is 25.1. The number of phenols is 1. The summed E-state index contributed by atoms with van der Waals surface area (Å²) in [4.78, 5) is 50.6. The van der Waals surface area contributed by atoms with Gasteiger partial charge in [0.25, 0.3) is 0 Å². The van der Waals surface area contributed by atoms with Crippen molar-refractivity contribution in [2.24, 2.45) is 0 Å². The van der Waals surface area contributed by atoms with Crippen LogP contribution in [-0.4, -0.2) is 28.5 Å². The summed E-state index contributed by atoms with van der Waals surface area (Å²) in [6, 6.07) is 28.8. The summed E-state index contributed by atoms with van der Waals surface area (Å²) in [6.45, 7) is 3.89. The molecule has 32 heteroatoms. The summed E-state index contributed by atoms with van der Waals surface area (Å²) in [6.07, 6.45) is 0. The van der Waals surface area contributed by atoms with Crippen molar-refractivity contribution in [2.75, 3.05) is 0 Å². The number of aromatic hydroxyl groups is 1. The molecule has 2 unspecified atom stereocenters. The van der Waals surface area contributed by atoms with Crippen LogP contribution in [0.1, 0.15) is 90.4 Å². The summed E-state index contributed by atoms with van der Waals surface area (Å²) in [5.41, 5.74) is 5.57. The van der Waals surface area contributed by atoms with Gasteiger partial charge in [-0.05, 0) is 251 Å². The fourth-order valence-electron chi connectivity index (χ4n) is 11.0. The van der Waals surface area contributed by atoms with Crippen LogP contribution in [0.4, 0.5) is 0 Å². The molecule has 0 radical (unpaired) electrons. The number of carboxylic acids is 1. The summed E-state index contributed by atoms with van der Waals surface area (Å²) < 4.78 is 38.6. The molecule has 8 aromatic carbocycles. The molecule has 5 aliphatic heterocycles. The van der Waals surface area contributed by atoms with Gasteiger partial charge in [0, 0.05) is 70.8 Å². The second-order valence-electron chi connectivity index (χ2n) is 19.9. The number of hydrogen-bond acceptors (Lipinski definition) is 13. The monoisotopic (exact) mass is 2550 g/mol. The Morgan fingerprint density at radius 3 is 1.62 bits per heavy atom. The first-order chi connectivity index (χ1) is 42.5. The van der Waals surface area contributed by atoms with Crippen LogP contribution in [0.3, 0.4) is 0 Å². The molecule has 0 saturated heterocycles. The number of carbonyl (C=O) groups excluding carboxylic acids is 3. The van der Waals surface area contributed by atoms with Crippen LogP contribution in [-0.2, 0) is 20.7 Å². The van der Waals surface area contributed by atoms with Crippen LogP contribution in [0, 0.1) is 48.5 Å². The quantitative estimate of drug-likeness (QED) is 0.0325. The van der Waals surface area contributed by atoms with E-state index in [1.807, 2.05) is 159 Å². The molecule has 0 fully saturated rings. The third kappa shape index (κ3) is 14.3. The molecule has 96 heavy (non-hydrogen) atoms. The van der Waals surface area contributed by atoms with E-state index in [1.54, 1.807) is 30.3 Å². The SMILES string of the molecule is C.C.Cc1c(Br)cc2c(c1Br)Oc1c(cc(Br)c(O)c1Br)C21OC(=O)c2ccccc21.Cc1c(I)cc2c(-c3c(Cl)c(Cl)c(Cl)c(Cl)c3C(=O)[O-])c3cc(I)c(=O)c(I)c-3oc2c1I.O=C1OC2(c3ccccc31)c1cc(I)[c-]c(I)c1Oc1c2cc(I)c([O-])c1I.[Na+].[Na+].[Na+].[OH-]. The maximum atomic E-state index is 12.9. The number of halogens is 16. The Balaban J connectivity index is 0.000000221. The Kier molecular flexibility index (Phi) is 30.4. The zero-order valence-electron chi connectivity index (χ0n) is 47.5. The molecule has 6 aliphatic rings. The topological polar surface area (TPSA) is 215 Å². The zero-order chi connectivity index (χ0) is 65.0. The van der Waals surface area contributed by atoms with Crippen LogP contribution in [0.2, 0.25) is 20.1 Å². The number of carbonyl (C=O) groups is 3. The standard InChI is InChI=1S/C21H10Br4O4.C21H6Cl4I4O4.C20H7I4O4.2CH4.3Na.H2O/c1-8-13(22)6-11-18(15(8)24)28-19-12(7-14(23)17(26)16(19)25)21(11)10-5-3-2-4-9(10)20(27)29-21;1-4-7(26)2-5-9(10-11(21(31)32)13(23)15(25)14(24)12(10)22)6-3-8(27)18(30)17(29)20(6)33-19(5)16(4)28;21-8-5-11-17(14(23)6-8)27-18-12(7-13(22)16(25)15(18)24)20(11)10-4-2-1-3-9(10)19(26)28-20;;;;;;/h2-7,26H,1H3;2-3H,1H3,(H,31,32);1-5,7,25H;2*1H4;;;;1H2/q;;-1;;;3*+1;/p-3. The molecule has 0 saturated carbocycles. The van der Waals surface area contributed by atoms with Gasteiger partial charge >= 0.3 is 101 Å². The van der Waals surface area contributed by atoms with Crippen molar-refractivity contribution >= 4 is 320 Å². The van der Waals surface area contributed by atoms with Gasteiger partial charge in [-0.25, -0.2) is 9.59 Å². The van der Waals surface area contributed by atoms with Gasteiger partial charge in [-0.2, -0.15) is 6.07 Å². The van der Waals surface area contributed by atoms with E-state index >= 15 is 0 Å². The largest absolute Gasteiger partial charge is 1.00 e. The normalized spacial score (nSPS) is 15.1. The molecular weight excluding hydrogens is 2520 g/mol. The average molecular weight is 2550 g/mol. The molecule has 0 amide bonds. The number of carboxylic acid groups (broad SMARTS) is 1. The van der Waals surface area contributed by atoms with Crippen molar-refractivity contribution in [3.8, 4) is 56.9 Å². The van der Waals surface area contributed by atoms with Gasteiger partial charge in [0.1, 0.15) is 30.9 Å². The Hall–Kier alpha value is 1.94. The minimum Gasteiger partial charge on any atom is -0.871 e. The van der Waals surface area contributed by atoms with Crippen LogP contribution in [0.15, 0.2) is 112 Å². The van der Waals surface area contributed by atoms with E-state index < -0.39 is 28.7 Å². The maximum Gasteiger partial charge on any atom is 1.00 e. The van der Waals surface area contributed by atoms with Crippen LogP contribution in [0.25, 0.3) is 33.4 Å². The summed E-state index contributed by atoms with van der Waals surface area (Å²) in [5.74, 6) is -0.229. The number of fused-ring (bicyclic) bond motifs is 14. The molecule has 0 bridgehead atoms. The molecule has 480 valence electrons. The number of rotatable bonds is 2. The van der Waals surface area contributed by atoms with Gasteiger partial charge in [-0.3, -0.25) is 4.79 Å². The van der Waals surface area contributed by atoms with Crippen molar-refractivity contribution < 1.29 is 147 Å². The van der Waals surface area contributed by atoms with E-state index in [4.69, 9.17) is 69.8 Å². The smallest absolute Gasteiger partial charge is 0.871 e. The second-order valence-corrected chi connectivity index (χ2v) is 33.7. The van der Waals surface area contributed by atoms with Crippen molar-refractivity contribution in [3.05, 3.63) is 229 Å². The molecule has 2 atom stereocenters. The maximum absolute atomic E-state index is 12.9. The van der Waals surface area contributed by atoms with E-state index in [-0.39, 0.29) is 158 Å². The van der Waals surface area contributed by atoms with Crippen molar-refractivity contribution in [1.82, 2.24) is 0 Å². The van der Waals surface area contributed by atoms with E-state index in [9.17, 15) is 34.5 Å². The molecule has 2 N–H and O–H groups in total. The predicted molar refractivity (Wildman–Crippen MR) is 436 cm³/mol. The fraction of sp³-hybridized carbons (Fsp3) is 0.0938. The number of hydrogen-bond donors (Lipinski definition) is 1. The molecule has 14 rings (SSSR count). The Labute approximate surface area is 778 Å². The summed E-state index contributed by atoms with van der Waals surface area (Å²) >= 11 is 56.1. The number of ether oxygens (including phenoxy) is 4. The minimum atomic E-state index is -1.57. The van der Waals surface area contributed by atoms with Gasteiger partial charge in [0.2, 0.25) is 5.43 Å². The molecule has 5 heterocycles. The van der Waals surface area contributed by atoms with Crippen molar-refractivity contribution in [1.29, 1.82) is 0 Å². The summed E-state index contributed by atoms with van der Waals surface area (Å²) in [5, 5.41) is 35.2. The molecular formula is C64H30Br4Cl4I8Na3O13-. The summed E-state index contributed by atoms with van der Waals surface area (Å²) in [7, 11) is 0. The zero-order valence-corrected chi connectivity index (χ0v) is 80.1. The minimum absolute atomic E-state index is 0. The van der Waals surface area contributed by atoms with Crippen molar-refractivity contribution in [2.45, 2.75) is 39.9 Å². The Morgan fingerprint density at radius 1 is 0.562 bits per heavy atom. The number of aromatic carboxylic acids is 1. The Morgan fingerprint density at radius 2 is 1.06 bits per heavy atom. The first kappa shape index (κ1) is 86.9. The first-order valence-corrected chi connectivity index (χ1v) is 38.4.